The Morgan fingerprint density at radius 3 is 2.55 bits per heavy atom. The lowest BCUT2D eigenvalue weighted by atomic mass is 10.1. The zero-order valence-corrected chi connectivity index (χ0v) is 17.8. The van der Waals surface area contributed by atoms with Gasteiger partial charge in [-0.3, -0.25) is 0 Å². The van der Waals surface area contributed by atoms with Gasteiger partial charge in [-0.05, 0) is 36.4 Å². The molecule has 5 nitrogen and oxygen atoms in total. The number of aromatic nitrogens is 1. The maximum absolute atomic E-state index is 13.3. The monoisotopic (exact) mass is 465 g/mol. The standard InChI is InChI=1S/C21H15ClF3N3O2S/c1-29-18-6-3-12(7-19(18)30-2)17-11-31-20(28-17)13(9-26)10-27-16-5-4-14(22)8-15(16)21(23,24)25/h3-8,10-11,27H,1-2H3. The SMILES string of the molecule is COc1ccc(-c2csc(C(C#N)=CNc3ccc(Cl)cc3C(F)(F)F)n2)cc1OC. The molecule has 1 heterocycles. The number of anilines is 1. The average Bonchev–Trinajstić information content (AvgIpc) is 3.24. The van der Waals surface area contributed by atoms with Gasteiger partial charge >= 0.3 is 6.18 Å². The van der Waals surface area contributed by atoms with Gasteiger partial charge in [0.2, 0.25) is 0 Å². The Bertz CT molecular complexity index is 1170. The lowest BCUT2D eigenvalue weighted by molar-refractivity contribution is -0.136. The van der Waals surface area contributed by atoms with Crippen LogP contribution in [0.15, 0.2) is 48.0 Å². The number of methoxy groups -OCH3 is 2. The minimum atomic E-state index is -4.60. The summed E-state index contributed by atoms with van der Waals surface area (Å²) in [6.07, 6.45) is -3.41. The van der Waals surface area contributed by atoms with Crippen molar-refractivity contribution in [1.82, 2.24) is 4.98 Å². The predicted octanol–water partition coefficient (Wildman–Crippen LogP) is 6.48. The van der Waals surface area contributed by atoms with E-state index in [1.165, 1.54) is 43.9 Å². The molecule has 10 heteroatoms. The van der Waals surface area contributed by atoms with Crippen LogP contribution in [0.25, 0.3) is 16.8 Å². The molecule has 1 aromatic heterocycles. The molecule has 2 aromatic carbocycles. The van der Waals surface area contributed by atoms with Crippen LogP contribution in [-0.4, -0.2) is 19.2 Å². The summed E-state index contributed by atoms with van der Waals surface area (Å²) in [5.41, 5.74) is 0.256. The third kappa shape index (κ3) is 5.10. The Morgan fingerprint density at radius 2 is 1.90 bits per heavy atom. The fraction of sp³-hybridized carbons (Fsp3) is 0.143. The summed E-state index contributed by atoms with van der Waals surface area (Å²) in [6, 6.07) is 10.6. The third-order valence-corrected chi connectivity index (χ3v) is 5.30. The van der Waals surface area contributed by atoms with Crippen LogP contribution in [0.1, 0.15) is 10.6 Å². The molecule has 31 heavy (non-hydrogen) atoms. The summed E-state index contributed by atoms with van der Waals surface area (Å²) in [5.74, 6) is 1.08. The molecule has 0 radical (unpaired) electrons. The van der Waals surface area contributed by atoms with E-state index in [2.05, 4.69) is 10.3 Å². The van der Waals surface area contributed by atoms with Crippen molar-refractivity contribution in [3.63, 3.8) is 0 Å². The van der Waals surface area contributed by atoms with Crippen molar-refractivity contribution in [3.05, 3.63) is 63.6 Å². The van der Waals surface area contributed by atoms with Crippen LogP contribution in [0.3, 0.4) is 0 Å². The highest BCUT2D eigenvalue weighted by atomic mass is 35.5. The van der Waals surface area contributed by atoms with Crippen molar-refractivity contribution >= 4 is 34.2 Å². The van der Waals surface area contributed by atoms with Crippen molar-refractivity contribution in [2.75, 3.05) is 19.5 Å². The van der Waals surface area contributed by atoms with Crippen LogP contribution in [-0.2, 0) is 6.18 Å². The number of thiazole rings is 1. The molecule has 3 rings (SSSR count). The van der Waals surface area contributed by atoms with E-state index in [0.717, 1.165) is 11.6 Å². The summed E-state index contributed by atoms with van der Waals surface area (Å²) in [7, 11) is 3.04. The average molecular weight is 466 g/mol. The molecular formula is C21H15ClF3N3O2S. The van der Waals surface area contributed by atoms with Crippen LogP contribution in [0.4, 0.5) is 18.9 Å². The van der Waals surface area contributed by atoms with Crippen LogP contribution < -0.4 is 14.8 Å². The normalized spacial score (nSPS) is 11.7. The number of nitrogens with one attached hydrogen (secondary N) is 1. The molecule has 0 saturated carbocycles. The maximum Gasteiger partial charge on any atom is 0.418 e. The molecule has 0 fully saturated rings. The molecule has 1 N–H and O–H groups in total. The predicted molar refractivity (Wildman–Crippen MR) is 114 cm³/mol. The van der Waals surface area contributed by atoms with Crippen molar-refractivity contribution in [3.8, 4) is 28.8 Å². The summed E-state index contributed by atoms with van der Waals surface area (Å²) in [4.78, 5) is 4.43. The molecule has 0 aliphatic carbocycles. The first-order valence-electron chi connectivity index (χ1n) is 8.68. The molecule has 0 unspecified atom stereocenters. The number of alkyl halides is 3. The lowest BCUT2D eigenvalue weighted by Crippen LogP contribution is -2.08. The molecular weight excluding hydrogens is 451 g/mol. The van der Waals surface area contributed by atoms with E-state index < -0.39 is 11.7 Å². The maximum atomic E-state index is 13.3. The molecule has 0 atom stereocenters. The highest BCUT2D eigenvalue weighted by molar-refractivity contribution is 7.11. The fourth-order valence-electron chi connectivity index (χ4n) is 2.69. The van der Waals surface area contributed by atoms with Gasteiger partial charge in [-0.1, -0.05) is 11.6 Å². The number of benzene rings is 2. The first-order valence-corrected chi connectivity index (χ1v) is 9.94. The van der Waals surface area contributed by atoms with E-state index in [4.69, 9.17) is 21.1 Å². The third-order valence-electron chi connectivity index (χ3n) is 4.19. The van der Waals surface area contributed by atoms with E-state index >= 15 is 0 Å². The first-order chi connectivity index (χ1) is 14.8. The molecule has 160 valence electrons. The number of nitriles is 1. The van der Waals surface area contributed by atoms with Gasteiger partial charge in [0.25, 0.3) is 0 Å². The van der Waals surface area contributed by atoms with Crippen LogP contribution in [0.2, 0.25) is 5.02 Å². The topological polar surface area (TPSA) is 67.2 Å². The van der Waals surface area contributed by atoms with E-state index in [9.17, 15) is 18.4 Å². The molecule has 0 amide bonds. The van der Waals surface area contributed by atoms with Gasteiger partial charge < -0.3 is 14.8 Å². The van der Waals surface area contributed by atoms with Gasteiger partial charge in [0.05, 0.1) is 31.2 Å². The van der Waals surface area contributed by atoms with Crippen molar-refractivity contribution in [2.24, 2.45) is 0 Å². The zero-order valence-electron chi connectivity index (χ0n) is 16.2. The lowest BCUT2D eigenvalue weighted by Gasteiger charge is -2.13. The largest absolute Gasteiger partial charge is 0.493 e. The number of rotatable bonds is 6. The Balaban J connectivity index is 1.90. The second-order valence-electron chi connectivity index (χ2n) is 6.11. The second-order valence-corrected chi connectivity index (χ2v) is 7.40. The second kappa shape index (κ2) is 9.29. The summed E-state index contributed by atoms with van der Waals surface area (Å²) in [6.45, 7) is 0. The van der Waals surface area contributed by atoms with Crippen LogP contribution in [0, 0.1) is 11.3 Å². The molecule has 0 saturated heterocycles. The van der Waals surface area contributed by atoms with Gasteiger partial charge in [-0.15, -0.1) is 11.3 Å². The Hall–Kier alpha value is -3.22. The number of hydrogen-bond acceptors (Lipinski definition) is 6. The van der Waals surface area contributed by atoms with Crippen molar-refractivity contribution < 1.29 is 22.6 Å². The van der Waals surface area contributed by atoms with Gasteiger partial charge in [-0.25, -0.2) is 4.98 Å². The van der Waals surface area contributed by atoms with Gasteiger partial charge in [0.1, 0.15) is 16.6 Å². The number of halogens is 4. The molecule has 0 bridgehead atoms. The van der Waals surface area contributed by atoms with E-state index in [1.807, 2.05) is 6.07 Å². The summed E-state index contributed by atoms with van der Waals surface area (Å²) >= 11 is 6.88. The first kappa shape index (κ1) is 22.5. The number of allylic oxidation sites excluding steroid dienone is 1. The number of hydrogen-bond donors (Lipinski definition) is 1. The highest BCUT2D eigenvalue weighted by Crippen LogP contribution is 2.37. The van der Waals surface area contributed by atoms with Crippen molar-refractivity contribution in [1.29, 1.82) is 5.26 Å². The number of ether oxygens (including phenoxy) is 2. The van der Waals surface area contributed by atoms with Gasteiger partial charge in [-0.2, -0.15) is 18.4 Å². The van der Waals surface area contributed by atoms with Gasteiger partial charge in [0.15, 0.2) is 11.5 Å². The van der Waals surface area contributed by atoms with Gasteiger partial charge in [0, 0.05) is 22.2 Å². The van der Waals surface area contributed by atoms with Crippen LogP contribution >= 0.6 is 22.9 Å². The molecule has 0 aliphatic rings. The molecule has 0 spiro atoms. The summed E-state index contributed by atoms with van der Waals surface area (Å²) in [5, 5.41) is 14.1. The minimum absolute atomic E-state index is 0.0400. The van der Waals surface area contributed by atoms with E-state index in [-0.39, 0.29) is 16.3 Å². The van der Waals surface area contributed by atoms with E-state index in [1.54, 1.807) is 23.6 Å². The smallest absolute Gasteiger partial charge is 0.418 e. The molecule has 0 aliphatic heterocycles. The fourth-order valence-corrected chi connectivity index (χ4v) is 3.66. The Kier molecular flexibility index (Phi) is 6.73. The Labute approximate surface area is 185 Å². The quantitative estimate of drug-likeness (QED) is 0.422. The zero-order chi connectivity index (χ0) is 22.6. The van der Waals surface area contributed by atoms with Crippen LogP contribution in [0.5, 0.6) is 11.5 Å². The van der Waals surface area contributed by atoms with Crippen molar-refractivity contribution in [2.45, 2.75) is 6.18 Å². The Morgan fingerprint density at radius 1 is 1.16 bits per heavy atom. The molecule has 3 aromatic rings. The van der Waals surface area contributed by atoms with E-state index in [0.29, 0.717) is 22.2 Å². The number of nitrogens with zero attached hydrogens (tertiary/aromatic N) is 2. The summed E-state index contributed by atoms with van der Waals surface area (Å²) < 4.78 is 50.2. The highest BCUT2D eigenvalue weighted by Gasteiger charge is 2.33. The minimum Gasteiger partial charge on any atom is -0.493 e.